The van der Waals surface area contributed by atoms with Gasteiger partial charge >= 0.3 is 5.97 Å². The minimum absolute atomic E-state index is 0.121. The van der Waals surface area contributed by atoms with Crippen molar-refractivity contribution in [2.45, 2.75) is 63.3 Å². The lowest BCUT2D eigenvalue weighted by Gasteiger charge is -2.20. The molecule has 0 radical (unpaired) electrons. The van der Waals surface area contributed by atoms with Crippen LogP contribution < -0.4 is 0 Å². The number of aliphatic hydroxyl groups is 2. The van der Waals surface area contributed by atoms with Crippen LogP contribution in [0.1, 0.15) is 43.2 Å². The Labute approximate surface area is 178 Å². The molecular formula is C25H33FO4. The maximum atomic E-state index is 14.5. The molecule has 0 heterocycles. The van der Waals surface area contributed by atoms with Crippen LogP contribution in [0.3, 0.4) is 0 Å². The minimum atomic E-state index is -1.10. The van der Waals surface area contributed by atoms with Gasteiger partial charge in [0.15, 0.2) is 0 Å². The zero-order valence-corrected chi connectivity index (χ0v) is 17.6. The van der Waals surface area contributed by atoms with Crippen molar-refractivity contribution in [3.8, 4) is 0 Å². The fourth-order valence-electron chi connectivity index (χ4n) is 4.74. The minimum Gasteiger partial charge on any atom is -0.469 e. The Morgan fingerprint density at radius 3 is 2.63 bits per heavy atom. The SMILES string of the molecule is COC(=O)CCCC=CC[C@@H]1[C@@H](C=C[C@H](O)C2Cc3ccccc3C2)[C@@H](F)C[C@@H]1O. The van der Waals surface area contributed by atoms with Crippen molar-refractivity contribution in [1.29, 1.82) is 0 Å². The van der Waals surface area contributed by atoms with Crippen LogP contribution in [0.2, 0.25) is 0 Å². The molecule has 4 nitrogen and oxygen atoms in total. The van der Waals surface area contributed by atoms with Gasteiger partial charge in [-0.15, -0.1) is 0 Å². The van der Waals surface area contributed by atoms with Gasteiger partial charge in [0, 0.05) is 18.8 Å². The number of hydrogen-bond donors (Lipinski definition) is 2. The number of carbonyl (C=O) groups excluding carboxylic acids is 1. The van der Waals surface area contributed by atoms with E-state index < -0.39 is 24.3 Å². The number of ether oxygens (including phenoxy) is 1. The van der Waals surface area contributed by atoms with Crippen molar-refractivity contribution in [2.24, 2.45) is 17.8 Å². The predicted molar refractivity (Wildman–Crippen MR) is 115 cm³/mol. The molecule has 30 heavy (non-hydrogen) atoms. The molecule has 164 valence electrons. The number of esters is 1. The molecule has 0 saturated heterocycles. The topological polar surface area (TPSA) is 66.8 Å². The molecule has 1 saturated carbocycles. The number of unbranched alkanes of at least 4 members (excludes halogenated alkanes) is 1. The molecule has 1 aromatic rings. The van der Waals surface area contributed by atoms with E-state index in [1.165, 1.54) is 18.2 Å². The molecule has 0 aliphatic heterocycles. The van der Waals surface area contributed by atoms with Crippen LogP contribution >= 0.6 is 0 Å². The fourth-order valence-corrected chi connectivity index (χ4v) is 4.74. The van der Waals surface area contributed by atoms with E-state index >= 15 is 0 Å². The number of rotatable bonds is 9. The summed E-state index contributed by atoms with van der Waals surface area (Å²) in [5.74, 6) is -0.681. The van der Waals surface area contributed by atoms with Crippen LogP contribution in [0, 0.1) is 17.8 Å². The summed E-state index contributed by atoms with van der Waals surface area (Å²) in [7, 11) is 1.38. The molecule has 0 bridgehead atoms. The molecule has 2 aliphatic rings. The molecule has 0 amide bonds. The fraction of sp³-hybridized carbons (Fsp3) is 0.560. The van der Waals surface area contributed by atoms with Crippen molar-refractivity contribution in [1.82, 2.24) is 0 Å². The van der Waals surface area contributed by atoms with E-state index in [2.05, 4.69) is 16.9 Å². The second-order valence-electron chi connectivity index (χ2n) is 8.55. The molecule has 0 aromatic heterocycles. The van der Waals surface area contributed by atoms with Gasteiger partial charge in [-0.05, 0) is 55.1 Å². The first kappa shape index (κ1) is 22.7. The number of carbonyl (C=O) groups is 1. The Morgan fingerprint density at radius 1 is 1.27 bits per heavy atom. The summed E-state index contributed by atoms with van der Waals surface area (Å²) in [6.45, 7) is 0. The first-order chi connectivity index (χ1) is 14.5. The molecule has 2 N–H and O–H groups in total. The summed E-state index contributed by atoms with van der Waals surface area (Å²) in [6.07, 6.45) is 9.32. The van der Waals surface area contributed by atoms with Crippen LogP contribution in [0.15, 0.2) is 48.6 Å². The molecule has 5 atom stereocenters. The monoisotopic (exact) mass is 416 g/mol. The molecule has 1 fully saturated rings. The van der Waals surface area contributed by atoms with E-state index in [-0.39, 0.29) is 24.2 Å². The zero-order chi connectivity index (χ0) is 21.5. The molecule has 0 spiro atoms. The second-order valence-corrected chi connectivity index (χ2v) is 8.55. The Bertz CT molecular complexity index is 734. The Kier molecular flexibility index (Phi) is 8.23. The summed E-state index contributed by atoms with van der Waals surface area (Å²) >= 11 is 0. The largest absolute Gasteiger partial charge is 0.469 e. The number of aliphatic hydroxyl groups excluding tert-OH is 2. The summed E-state index contributed by atoms with van der Waals surface area (Å²) in [4.78, 5) is 11.1. The van der Waals surface area contributed by atoms with Gasteiger partial charge in [0.2, 0.25) is 0 Å². The predicted octanol–water partition coefficient (Wildman–Crippen LogP) is 3.94. The smallest absolute Gasteiger partial charge is 0.305 e. The number of halogens is 1. The van der Waals surface area contributed by atoms with Gasteiger partial charge in [-0.1, -0.05) is 48.6 Å². The standard InChI is InChI=1S/C25H33FO4/c1-30-25(29)11-5-3-2-4-10-21-20(22(26)16-24(21)28)12-13-23(27)19-14-17-8-6-7-9-18(17)15-19/h2,4,6-9,12-13,19-24,27-28H,3,5,10-11,14-16H2,1H3/t20-,21-,22+,23+,24+/m1/s1. The Morgan fingerprint density at radius 2 is 1.97 bits per heavy atom. The van der Waals surface area contributed by atoms with Crippen molar-refractivity contribution in [3.05, 3.63) is 59.7 Å². The number of allylic oxidation sites excluding steroid dienone is 3. The van der Waals surface area contributed by atoms with E-state index in [0.717, 1.165) is 19.3 Å². The van der Waals surface area contributed by atoms with Gasteiger partial charge < -0.3 is 14.9 Å². The Hall–Kier alpha value is -1.98. The van der Waals surface area contributed by atoms with Crippen LogP contribution in [-0.4, -0.2) is 41.7 Å². The van der Waals surface area contributed by atoms with Gasteiger partial charge in [0.1, 0.15) is 6.17 Å². The summed E-state index contributed by atoms with van der Waals surface area (Å²) < 4.78 is 19.1. The van der Waals surface area contributed by atoms with E-state index in [9.17, 15) is 19.4 Å². The summed E-state index contributed by atoms with van der Waals surface area (Å²) in [5, 5.41) is 20.9. The maximum Gasteiger partial charge on any atom is 0.305 e. The van der Waals surface area contributed by atoms with Crippen LogP contribution in [-0.2, 0) is 22.4 Å². The van der Waals surface area contributed by atoms with Crippen molar-refractivity contribution in [2.75, 3.05) is 7.11 Å². The van der Waals surface area contributed by atoms with E-state index in [4.69, 9.17) is 0 Å². The average molecular weight is 417 g/mol. The van der Waals surface area contributed by atoms with Crippen molar-refractivity contribution >= 4 is 5.97 Å². The normalized spacial score (nSPS) is 27.7. The molecule has 0 unspecified atom stereocenters. The average Bonchev–Trinajstić information content (AvgIpc) is 3.29. The highest BCUT2D eigenvalue weighted by molar-refractivity contribution is 5.69. The number of methoxy groups -OCH3 is 1. The first-order valence-electron chi connectivity index (χ1n) is 11.0. The van der Waals surface area contributed by atoms with Gasteiger partial charge in [0.05, 0.1) is 19.3 Å². The number of alkyl halides is 1. The van der Waals surface area contributed by atoms with Gasteiger partial charge in [-0.25, -0.2) is 4.39 Å². The highest BCUT2D eigenvalue weighted by atomic mass is 19.1. The quantitative estimate of drug-likeness (QED) is 0.364. The molecule has 3 rings (SSSR count). The van der Waals surface area contributed by atoms with Crippen LogP contribution in [0.4, 0.5) is 4.39 Å². The first-order valence-corrected chi connectivity index (χ1v) is 11.0. The molecule has 1 aromatic carbocycles. The highest BCUT2D eigenvalue weighted by Crippen LogP contribution is 2.38. The number of benzene rings is 1. The zero-order valence-electron chi connectivity index (χ0n) is 17.6. The number of hydrogen-bond acceptors (Lipinski definition) is 4. The highest BCUT2D eigenvalue weighted by Gasteiger charge is 2.40. The molecule has 5 heteroatoms. The van der Waals surface area contributed by atoms with Gasteiger partial charge in [0.25, 0.3) is 0 Å². The van der Waals surface area contributed by atoms with Crippen molar-refractivity contribution < 1.29 is 24.1 Å². The summed E-state index contributed by atoms with van der Waals surface area (Å²) in [5.41, 5.74) is 2.56. The van der Waals surface area contributed by atoms with E-state index in [1.807, 2.05) is 24.3 Å². The van der Waals surface area contributed by atoms with Gasteiger partial charge in [-0.2, -0.15) is 0 Å². The van der Waals surface area contributed by atoms with Crippen LogP contribution in [0.5, 0.6) is 0 Å². The third-order valence-corrected chi connectivity index (χ3v) is 6.52. The Balaban J connectivity index is 1.51. The van der Waals surface area contributed by atoms with E-state index in [1.54, 1.807) is 12.2 Å². The van der Waals surface area contributed by atoms with E-state index in [0.29, 0.717) is 19.3 Å². The summed E-state index contributed by atoms with van der Waals surface area (Å²) in [6, 6.07) is 8.24. The number of fused-ring (bicyclic) bond motifs is 1. The van der Waals surface area contributed by atoms with Crippen LogP contribution in [0.25, 0.3) is 0 Å². The maximum absolute atomic E-state index is 14.5. The third-order valence-electron chi connectivity index (χ3n) is 6.52. The van der Waals surface area contributed by atoms with Gasteiger partial charge in [-0.3, -0.25) is 4.79 Å². The lowest BCUT2D eigenvalue weighted by molar-refractivity contribution is -0.140. The third kappa shape index (κ3) is 5.79. The lowest BCUT2D eigenvalue weighted by atomic mass is 9.89. The second kappa shape index (κ2) is 10.9. The lowest BCUT2D eigenvalue weighted by Crippen LogP contribution is -2.21. The molecule has 2 aliphatic carbocycles. The molecular weight excluding hydrogens is 383 g/mol. The van der Waals surface area contributed by atoms with Crippen molar-refractivity contribution in [3.63, 3.8) is 0 Å².